The maximum absolute atomic E-state index is 13.4. The number of hydrogen-bond acceptors (Lipinski definition) is 3. The summed E-state index contributed by atoms with van der Waals surface area (Å²) in [6.45, 7) is 2.43. The van der Waals surface area contributed by atoms with Crippen LogP contribution in [0.4, 0.5) is 14.5 Å². The predicted octanol–water partition coefficient (Wildman–Crippen LogP) is 1.61. The van der Waals surface area contributed by atoms with Gasteiger partial charge in [-0.1, -0.05) is 0 Å². The van der Waals surface area contributed by atoms with Gasteiger partial charge in [-0.2, -0.15) is 0 Å². The Morgan fingerprint density at radius 2 is 2.20 bits per heavy atom. The van der Waals surface area contributed by atoms with E-state index >= 15 is 0 Å². The third-order valence-corrected chi connectivity index (χ3v) is 3.28. The fourth-order valence-electron chi connectivity index (χ4n) is 2.23. The van der Waals surface area contributed by atoms with Crippen molar-refractivity contribution in [2.45, 2.75) is 6.42 Å². The minimum absolute atomic E-state index is 0. The summed E-state index contributed by atoms with van der Waals surface area (Å²) in [6, 6.07) is 3.07. The Balaban J connectivity index is 0.00000200. The molecule has 0 spiro atoms. The molecular formula is C13H18ClF2N3O. The van der Waals surface area contributed by atoms with Gasteiger partial charge in [-0.05, 0) is 37.6 Å². The number of benzene rings is 1. The average Bonchev–Trinajstić information content (AvgIpc) is 2.80. The van der Waals surface area contributed by atoms with E-state index < -0.39 is 11.6 Å². The zero-order valence-electron chi connectivity index (χ0n) is 10.9. The first kappa shape index (κ1) is 16.8. The van der Waals surface area contributed by atoms with Gasteiger partial charge in [-0.25, -0.2) is 8.78 Å². The van der Waals surface area contributed by atoms with Crippen LogP contribution in [0.2, 0.25) is 0 Å². The van der Waals surface area contributed by atoms with Gasteiger partial charge in [0.15, 0.2) is 0 Å². The molecule has 1 heterocycles. The van der Waals surface area contributed by atoms with Gasteiger partial charge in [0.05, 0.1) is 12.2 Å². The minimum atomic E-state index is -0.769. The van der Waals surface area contributed by atoms with E-state index in [9.17, 15) is 13.6 Å². The lowest BCUT2D eigenvalue weighted by Crippen LogP contribution is -2.32. The smallest absolute Gasteiger partial charge is 0.238 e. The standard InChI is InChI=1S/C13H17F2N3O.ClH/c14-10-1-2-12(11(15)5-10)17-13(19)8-18-4-3-9(6-16)7-18;/h1-2,5,9H,3-4,6-8,16H2,(H,17,19);1H. The average molecular weight is 306 g/mol. The van der Waals surface area contributed by atoms with Gasteiger partial charge >= 0.3 is 0 Å². The van der Waals surface area contributed by atoms with Crippen molar-refractivity contribution in [1.29, 1.82) is 0 Å². The first-order valence-electron chi connectivity index (χ1n) is 6.26. The highest BCUT2D eigenvalue weighted by atomic mass is 35.5. The molecule has 1 aliphatic heterocycles. The van der Waals surface area contributed by atoms with Crippen LogP contribution in [0.25, 0.3) is 0 Å². The van der Waals surface area contributed by atoms with Crippen LogP contribution in [0.3, 0.4) is 0 Å². The third kappa shape index (κ3) is 4.40. The molecule has 0 aromatic heterocycles. The van der Waals surface area contributed by atoms with Gasteiger partial charge in [0.1, 0.15) is 11.6 Å². The lowest BCUT2D eigenvalue weighted by Gasteiger charge is -2.15. The molecule has 0 bridgehead atoms. The number of halogens is 3. The number of hydrogen-bond donors (Lipinski definition) is 2. The molecular weight excluding hydrogens is 288 g/mol. The molecule has 20 heavy (non-hydrogen) atoms. The monoisotopic (exact) mass is 305 g/mol. The fourth-order valence-corrected chi connectivity index (χ4v) is 2.23. The second-order valence-corrected chi connectivity index (χ2v) is 4.80. The molecule has 1 aromatic carbocycles. The summed E-state index contributed by atoms with van der Waals surface area (Å²) >= 11 is 0. The second-order valence-electron chi connectivity index (χ2n) is 4.80. The highest BCUT2D eigenvalue weighted by Crippen LogP contribution is 2.16. The predicted molar refractivity (Wildman–Crippen MR) is 75.8 cm³/mol. The van der Waals surface area contributed by atoms with Crippen molar-refractivity contribution >= 4 is 24.0 Å². The highest BCUT2D eigenvalue weighted by Gasteiger charge is 2.23. The van der Waals surface area contributed by atoms with E-state index in [-0.39, 0.29) is 30.5 Å². The van der Waals surface area contributed by atoms with Crippen molar-refractivity contribution in [1.82, 2.24) is 4.90 Å². The molecule has 7 heteroatoms. The van der Waals surface area contributed by atoms with Crippen LogP contribution in [0.5, 0.6) is 0 Å². The van der Waals surface area contributed by atoms with Gasteiger partial charge in [-0.15, -0.1) is 12.4 Å². The maximum atomic E-state index is 13.4. The van der Waals surface area contributed by atoms with E-state index in [1.54, 1.807) is 0 Å². The van der Waals surface area contributed by atoms with Crippen molar-refractivity contribution in [3.63, 3.8) is 0 Å². The molecule has 2 rings (SSSR count). The molecule has 112 valence electrons. The van der Waals surface area contributed by atoms with Crippen LogP contribution in [0.1, 0.15) is 6.42 Å². The lowest BCUT2D eigenvalue weighted by molar-refractivity contribution is -0.117. The van der Waals surface area contributed by atoms with Crippen LogP contribution in [-0.4, -0.2) is 37.0 Å². The van der Waals surface area contributed by atoms with E-state index in [2.05, 4.69) is 5.32 Å². The molecule has 1 aromatic rings. The summed E-state index contributed by atoms with van der Waals surface area (Å²) in [4.78, 5) is 13.7. The molecule has 1 aliphatic rings. The molecule has 0 saturated carbocycles. The lowest BCUT2D eigenvalue weighted by atomic mass is 10.1. The van der Waals surface area contributed by atoms with Gasteiger partial charge in [0.2, 0.25) is 5.91 Å². The molecule has 1 atom stereocenters. The largest absolute Gasteiger partial charge is 0.330 e. The van der Waals surface area contributed by atoms with E-state index in [1.165, 1.54) is 6.07 Å². The zero-order valence-corrected chi connectivity index (χ0v) is 11.8. The molecule has 3 N–H and O–H groups in total. The molecule has 1 amide bonds. The summed E-state index contributed by atoms with van der Waals surface area (Å²) in [7, 11) is 0. The molecule has 1 fully saturated rings. The minimum Gasteiger partial charge on any atom is -0.330 e. The Hall–Kier alpha value is -1.24. The highest BCUT2D eigenvalue weighted by molar-refractivity contribution is 5.92. The topological polar surface area (TPSA) is 58.4 Å². The Bertz CT molecular complexity index is 473. The zero-order chi connectivity index (χ0) is 13.8. The van der Waals surface area contributed by atoms with Crippen LogP contribution in [0.15, 0.2) is 18.2 Å². The van der Waals surface area contributed by atoms with E-state index in [0.717, 1.165) is 31.6 Å². The maximum Gasteiger partial charge on any atom is 0.238 e. The van der Waals surface area contributed by atoms with Crippen LogP contribution in [-0.2, 0) is 4.79 Å². The summed E-state index contributed by atoms with van der Waals surface area (Å²) in [5, 5.41) is 2.44. The molecule has 1 saturated heterocycles. The number of nitrogens with zero attached hydrogens (tertiary/aromatic N) is 1. The molecule has 0 aliphatic carbocycles. The summed E-state index contributed by atoms with van der Waals surface area (Å²) in [6.07, 6.45) is 0.981. The fraction of sp³-hybridized carbons (Fsp3) is 0.462. The number of nitrogens with one attached hydrogen (secondary N) is 1. The van der Waals surface area contributed by atoms with Crippen molar-refractivity contribution in [3.05, 3.63) is 29.8 Å². The summed E-state index contributed by atoms with van der Waals surface area (Å²) in [5.74, 6) is -1.31. The number of carbonyl (C=O) groups is 1. The number of likely N-dealkylation sites (tertiary alicyclic amines) is 1. The van der Waals surface area contributed by atoms with Crippen LogP contribution < -0.4 is 11.1 Å². The molecule has 0 radical (unpaired) electrons. The Morgan fingerprint density at radius 3 is 2.80 bits per heavy atom. The summed E-state index contributed by atoms with van der Waals surface area (Å²) < 4.78 is 26.1. The molecule has 4 nitrogen and oxygen atoms in total. The van der Waals surface area contributed by atoms with E-state index in [1.807, 2.05) is 4.90 Å². The van der Waals surface area contributed by atoms with E-state index in [4.69, 9.17) is 5.73 Å². The number of nitrogens with two attached hydrogens (primary N) is 1. The van der Waals surface area contributed by atoms with Gasteiger partial charge in [-0.3, -0.25) is 9.69 Å². The van der Waals surface area contributed by atoms with Crippen molar-refractivity contribution in [2.75, 3.05) is 31.5 Å². The van der Waals surface area contributed by atoms with Gasteiger partial charge in [0.25, 0.3) is 0 Å². The normalized spacial score (nSPS) is 18.6. The SMILES string of the molecule is Cl.NCC1CCN(CC(=O)Nc2ccc(F)cc2F)C1. The first-order valence-corrected chi connectivity index (χ1v) is 6.26. The number of amides is 1. The number of rotatable bonds is 4. The number of carbonyl (C=O) groups excluding carboxylic acids is 1. The summed E-state index contributed by atoms with van der Waals surface area (Å²) in [5.41, 5.74) is 5.57. The Labute approximate surface area is 122 Å². The number of anilines is 1. The first-order chi connectivity index (χ1) is 9.08. The quantitative estimate of drug-likeness (QED) is 0.888. The van der Waals surface area contributed by atoms with Crippen molar-refractivity contribution in [2.24, 2.45) is 11.7 Å². The third-order valence-electron chi connectivity index (χ3n) is 3.28. The van der Waals surface area contributed by atoms with Gasteiger partial charge < -0.3 is 11.1 Å². The Morgan fingerprint density at radius 1 is 1.45 bits per heavy atom. The Kier molecular flexibility index (Phi) is 6.32. The molecule has 1 unspecified atom stereocenters. The van der Waals surface area contributed by atoms with Crippen LogP contribution in [0, 0.1) is 17.6 Å². The van der Waals surface area contributed by atoms with Crippen LogP contribution >= 0.6 is 12.4 Å². The van der Waals surface area contributed by atoms with Crippen molar-refractivity contribution < 1.29 is 13.6 Å². The van der Waals surface area contributed by atoms with Gasteiger partial charge in [0, 0.05) is 12.6 Å². The van der Waals surface area contributed by atoms with Crippen molar-refractivity contribution in [3.8, 4) is 0 Å². The van der Waals surface area contributed by atoms with E-state index in [0.29, 0.717) is 12.5 Å². The second kappa shape index (κ2) is 7.52.